The maximum absolute atomic E-state index is 12.5. The third-order valence-electron chi connectivity index (χ3n) is 4.45. The van der Waals surface area contributed by atoms with Crippen LogP contribution in [0.25, 0.3) is 0 Å². The van der Waals surface area contributed by atoms with Crippen LogP contribution in [0.15, 0.2) is 0 Å². The van der Waals surface area contributed by atoms with E-state index in [0.29, 0.717) is 5.78 Å². The molecule has 1 aliphatic rings. The highest BCUT2D eigenvalue weighted by Crippen LogP contribution is 2.36. The average molecular weight is 225 g/mol. The lowest BCUT2D eigenvalue weighted by atomic mass is 9.67. The first kappa shape index (κ1) is 13.7. The van der Waals surface area contributed by atoms with E-state index < -0.39 is 11.0 Å². The Bertz CT molecular complexity index is 242. The molecule has 1 saturated carbocycles. The number of Topliss-reactive ketones (excluding diaryl/α,β-unsaturated/α-hetero) is 1. The minimum absolute atomic E-state index is 0.250. The SMILES string of the molecule is CC(C)(N)C(C)(C)C(=O)C1CCCCCC1. The monoisotopic (exact) mass is 225 g/mol. The second-order valence-corrected chi connectivity index (χ2v) is 6.40. The summed E-state index contributed by atoms with van der Waals surface area (Å²) in [6.07, 6.45) is 7.12. The Balaban J connectivity index is 2.75. The van der Waals surface area contributed by atoms with Crippen LogP contribution in [0.2, 0.25) is 0 Å². The molecule has 0 aliphatic heterocycles. The molecular weight excluding hydrogens is 198 g/mol. The molecule has 0 saturated heterocycles. The summed E-state index contributed by atoms with van der Waals surface area (Å²) in [5, 5.41) is 0. The van der Waals surface area contributed by atoms with Crippen molar-refractivity contribution in [2.45, 2.75) is 71.8 Å². The van der Waals surface area contributed by atoms with E-state index in [4.69, 9.17) is 5.73 Å². The smallest absolute Gasteiger partial charge is 0.143 e. The molecule has 0 amide bonds. The van der Waals surface area contributed by atoms with Gasteiger partial charge in [-0.3, -0.25) is 4.79 Å². The molecule has 0 spiro atoms. The minimum atomic E-state index is -0.434. The predicted octanol–water partition coefficient (Wildman–Crippen LogP) is 3.29. The third-order valence-corrected chi connectivity index (χ3v) is 4.45. The summed E-state index contributed by atoms with van der Waals surface area (Å²) in [5.41, 5.74) is 5.29. The first-order valence-corrected chi connectivity index (χ1v) is 6.60. The van der Waals surface area contributed by atoms with E-state index in [0.717, 1.165) is 12.8 Å². The second kappa shape index (κ2) is 4.87. The molecule has 0 unspecified atom stereocenters. The lowest BCUT2D eigenvalue weighted by Gasteiger charge is -2.39. The van der Waals surface area contributed by atoms with Gasteiger partial charge < -0.3 is 5.73 Å². The summed E-state index contributed by atoms with van der Waals surface area (Å²) in [6.45, 7) is 7.92. The molecule has 16 heavy (non-hydrogen) atoms. The number of nitrogens with two attached hydrogens (primary N) is 1. The van der Waals surface area contributed by atoms with Crippen LogP contribution in [0.4, 0.5) is 0 Å². The number of hydrogen-bond donors (Lipinski definition) is 1. The largest absolute Gasteiger partial charge is 0.325 e. The zero-order valence-electron chi connectivity index (χ0n) is 11.3. The summed E-state index contributed by atoms with van der Waals surface area (Å²) in [6, 6.07) is 0. The van der Waals surface area contributed by atoms with Crippen LogP contribution in [-0.2, 0) is 4.79 Å². The van der Waals surface area contributed by atoms with Gasteiger partial charge in [-0.15, -0.1) is 0 Å². The van der Waals surface area contributed by atoms with Crippen molar-refractivity contribution in [3.63, 3.8) is 0 Å². The Morgan fingerprint density at radius 3 is 1.81 bits per heavy atom. The molecule has 0 aromatic rings. The van der Waals surface area contributed by atoms with Crippen LogP contribution in [0.1, 0.15) is 66.2 Å². The molecule has 0 heterocycles. The number of carbonyl (C=O) groups excluding carboxylic acids is 1. The van der Waals surface area contributed by atoms with Crippen molar-refractivity contribution in [3.8, 4) is 0 Å². The molecule has 0 bridgehead atoms. The molecule has 2 heteroatoms. The summed E-state index contributed by atoms with van der Waals surface area (Å²) in [4.78, 5) is 12.5. The van der Waals surface area contributed by atoms with Gasteiger partial charge >= 0.3 is 0 Å². The van der Waals surface area contributed by atoms with Crippen molar-refractivity contribution >= 4 is 5.78 Å². The summed E-state index contributed by atoms with van der Waals surface area (Å²) >= 11 is 0. The molecule has 0 aromatic carbocycles. The number of hydrogen-bond acceptors (Lipinski definition) is 2. The minimum Gasteiger partial charge on any atom is -0.325 e. The zero-order chi connectivity index (χ0) is 12.4. The molecule has 1 rings (SSSR count). The Morgan fingerprint density at radius 2 is 1.44 bits per heavy atom. The van der Waals surface area contributed by atoms with Gasteiger partial charge in [-0.2, -0.15) is 0 Å². The Hall–Kier alpha value is -0.370. The molecule has 0 atom stereocenters. The molecule has 2 N–H and O–H groups in total. The van der Waals surface area contributed by atoms with E-state index in [1.165, 1.54) is 25.7 Å². The van der Waals surface area contributed by atoms with E-state index in [2.05, 4.69) is 0 Å². The van der Waals surface area contributed by atoms with Crippen LogP contribution >= 0.6 is 0 Å². The highest BCUT2D eigenvalue weighted by Gasteiger charge is 2.42. The molecule has 0 aromatic heterocycles. The van der Waals surface area contributed by atoms with Gasteiger partial charge in [0, 0.05) is 16.9 Å². The van der Waals surface area contributed by atoms with Crippen LogP contribution in [0.5, 0.6) is 0 Å². The topological polar surface area (TPSA) is 43.1 Å². The normalized spacial score (nSPS) is 20.6. The fourth-order valence-corrected chi connectivity index (χ4v) is 2.37. The van der Waals surface area contributed by atoms with Gasteiger partial charge in [0.25, 0.3) is 0 Å². The van der Waals surface area contributed by atoms with E-state index in [-0.39, 0.29) is 5.92 Å². The van der Waals surface area contributed by atoms with Gasteiger partial charge in [0.2, 0.25) is 0 Å². The van der Waals surface area contributed by atoms with E-state index in [1.807, 2.05) is 27.7 Å². The number of rotatable bonds is 3. The Kier molecular flexibility index (Phi) is 4.17. The van der Waals surface area contributed by atoms with E-state index >= 15 is 0 Å². The zero-order valence-corrected chi connectivity index (χ0v) is 11.3. The van der Waals surface area contributed by atoms with Crippen molar-refractivity contribution < 1.29 is 4.79 Å². The van der Waals surface area contributed by atoms with Crippen LogP contribution < -0.4 is 5.73 Å². The van der Waals surface area contributed by atoms with E-state index in [9.17, 15) is 4.79 Å². The van der Waals surface area contributed by atoms with Crippen molar-refractivity contribution in [2.24, 2.45) is 17.1 Å². The van der Waals surface area contributed by atoms with Gasteiger partial charge in [-0.25, -0.2) is 0 Å². The first-order chi connectivity index (χ1) is 7.27. The molecular formula is C14H27NO. The van der Waals surface area contributed by atoms with Crippen molar-refractivity contribution in [1.82, 2.24) is 0 Å². The highest BCUT2D eigenvalue weighted by atomic mass is 16.1. The van der Waals surface area contributed by atoms with Gasteiger partial charge in [-0.1, -0.05) is 39.5 Å². The summed E-state index contributed by atoms with van der Waals surface area (Å²) in [5.74, 6) is 0.627. The molecule has 1 aliphatic carbocycles. The average Bonchev–Trinajstić information content (AvgIpc) is 2.42. The quantitative estimate of drug-likeness (QED) is 0.749. The molecule has 0 radical (unpaired) electrons. The van der Waals surface area contributed by atoms with Crippen LogP contribution in [-0.4, -0.2) is 11.3 Å². The van der Waals surface area contributed by atoms with E-state index in [1.54, 1.807) is 0 Å². The second-order valence-electron chi connectivity index (χ2n) is 6.40. The Morgan fingerprint density at radius 1 is 1.00 bits per heavy atom. The standard InChI is InChI=1S/C14H27NO/c1-13(2,14(3,4)15)12(16)11-9-7-5-6-8-10-11/h11H,5-10,15H2,1-4H3. The summed E-state index contributed by atoms with van der Waals surface area (Å²) in [7, 11) is 0. The van der Waals surface area contributed by atoms with Crippen LogP contribution in [0, 0.1) is 11.3 Å². The lowest BCUT2D eigenvalue weighted by Crippen LogP contribution is -2.53. The lowest BCUT2D eigenvalue weighted by molar-refractivity contribution is -0.134. The van der Waals surface area contributed by atoms with Crippen molar-refractivity contribution in [1.29, 1.82) is 0 Å². The molecule has 1 fully saturated rings. The predicted molar refractivity (Wildman–Crippen MR) is 68.2 cm³/mol. The van der Waals surface area contributed by atoms with Gasteiger partial charge in [0.15, 0.2) is 0 Å². The van der Waals surface area contributed by atoms with Gasteiger partial charge in [-0.05, 0) is 26.7 Å². The van der Waals surface area contributed by atoms with Crippen LogP contribution in [0.3, 0.4) is 0 Å². The maximum Gasteiger partial charge on any atom is 0.143 e. The van der Waals surface area contributed by atoms with Gasteiger partial charge in [0.05, 0.1) is 0 Å². The fraction of sp³-hybridized carbons (Fsp3) is 0.929. The first-order valence-electron chi connectivity index (χ1n) is 6.60. The Labute approximate surface area is 100.0 Å². The fourth-order valence-electron chi connectivity index (χ4n) is 2.37. The third kappa shape index (κ3) is 2.85. The van der Waals surface area contributed by atoms with Gasteiger partial charge in [0.1, 0.15) is 5.78 Å². The summed E-state index contributed by atoms with van der Waals surface area (Å²) < 4.78 is 0. The number of carbonyl (C=O) groups is 1. The van der Waals surface area contributed by atoms with Crippen molar-refractivity contribution in [2.75, 3.05) is 0 Å². The highest BCUT2D eigenvalue weighted by molar-refractivity contribution is 5.87. The molecule has 2 nitrogen and oxygen atoms in total. The number of ketones is 1. The van der Waals surface area contributed by atoms with Crippen molar-refractivity contribution in [3.05, 3.63) is 0 Å². The molecule has 94 valence electrons. The maximum atomic E-state index is 12.5.